The lowest BCUT2D eigenvalue weighted by Gasteiger charge is -2.04. The molecule has 0 saturated heterocycles. The molecule has 0 aromatic carbocycles. The average Bonchev–Trinajstić information content (AvgIpc) is 2.06. The Hall–Kier alpha value is -1.04. The second-order valence-corrected chi connectivity index (χ2v) is 4.63. The lowest BCUT2D eigenvalue weighted by molar-refractivity contribution is 0.681. The fourth-order valence-corrected chi connectivity index (χ4v) is 1.50. The van der Waals surface area contributed by atoms with Crippen LogP contribution in [0.2, 0.25) is 0 Å². The highest BCUT2D eigenvalue weighted by atomic mass is 32.2. The molecule has 1 aromatic heterocycles. The molecule has 0 fully saturated rings. The van der Waals surface area contributed by atoms with Gasteiger partial charge in [0.2, 0.25) is 0 Å². The van der Waals surface area contributed by atoms with E-state index in [0.29, 0.717) is 5.82 Å². The molecule has 0 aliphatic carbocycles. The minimum atomic E-state index is -2.70. The SMILES string of the molecule is Cc1cc(NS(C)(=N)=O)n(C)n1. The minimum absolute atomic E-state index is 0.606. The Balaban J connectivity index is 2.97. The van der Waals surface area contributed by atoms with Crippen LogP contribution in [0.4, 0.5) is 5.82 Å². The van der Waals surface area contributed by atoms with E-state index in [0.717, 1.165) is 5.69 Å². The van der Waals surface area contributed by atoms with Crippen molar-refractivity contribution in [3.63, 3.8) is 0 Å². The maximum absolute atomic E-state index is 11.0. The number of anilines is 1. The highest BCUT2D eigenvalue weighted by molar-refractivity contribution is 7.93. The van der Waals surface area contributed by atoms with Crippen LogP contribution in [-0.2, 0) is 17.0 Å². The molecular formula is C6H12N4OS. The molecule has 0 radical (unpaired) electrons. The fraction of sp³-hybridized carbons (Fsp3) is 0.500. The van der Waals surface area contributed by atoms with Gasteiger partial charge in [-0.1, -0.05) is 0 Å². The van der Waals surface area contributed by atoms with Crippen LogP contribution in [0.5, 0.6) is 0 Å². The van der Waals surface area contributed by atoms with Crippen molar-refractivity contribution >= 4 is 15.7 Å². The summed E-state index contributed by atoms with van der Waals surface area (Å²) in [7, 11) is -0.961. The second-order valence-electron chi connectivity index (χ2n) is 2.74. The zero-order chi connectivity index (χ0) is 9.35. The Bertz CT molecular complexity index is 378. The molecule has 1 atom stereocenters. The van der Waals surface area contributed by atoms with Crippen LogP contribution >= 0.6 is 0 Å². The van der Waals surface area contributed by atoms with Gasteiger partial charge in [0.25, 0.3) is 0 Å². The monoisotopic (exact) mass is 188 g/mol. The summed E-state index contributed by atoms with van der Waals surface area (Å²) in [5.41, 5.74) is 0.837. The number of nitrogens with one attached hydrogen (secondary N) is 2. The van der Waals surface area contributed by atoms with Crippen LogP contribution in [0.1, 0.15) is 5.69 Å². The van der Waals surface area contributed by atoms with E-state index in [1.54, 1.807) is 17.8 Å². The molecule has 1 aromatic rings. The molecule has 0 aliphatic rings. The van der Waals surface area contributed by atoms with Gasteiger partial charge in [-0.2, -0.15) is 5.10 Å². The van der Waals surface area contributed by atoms with E-state index in [-0.39, 0.29) is 0 Å². The van der Waals surface area contributed by atoms with Crippen LogP contribution in [0, 0.1) is 11.7 Å². The van der Waals surface area contributed by atoms with Crippen molar-refractivity contribution < 1.29 is 4.21 Å². The highest BCUT2D eigenvalue weighted by Gasteiger charge is 2.03. The summed E-state index contributed by atoms with van der Waals surface area (Å²) >= 11 is 0. The number of rotatable bonds is 2. The molecular weight excluding hydrogens is 176 g/mol. The van der Waals surface area contributed by atoms with Crippen LogP contribution in [0.25, 0.3) is 0 Å². The van der Waals surface area contributed by atoms with Gasteiger partial charge in [0.1, 0.15) is 15.7 Å². The number of hydrogen-bond donors (Lipinski definition) is 2. The van der Waals surface area contributed by atoms with E-state index in [4.69, 9.17) is 4.78 Å². The Labute approximate surface area is 71.9 Å². The predicted molar refractivity (Wildman–Crippen MR) is 48.4 cm³/mol. The van der Waals surface area contributed by atoms with Crippen LogP contribution in [0.3, 0.4) is 0 Å². The third kappa shape index (κ3) is 2.23. The highest BCUT2D eigenvalue weighted by Crippen LogP contribution is 2.08. The summed E-state index contributed by atoms with van der Waals surface area (Å²) in [6.07, 6.45) is 1.33. The first kappa shape index (κ1) is 9.05. The second kappa shape index (κ2) is 2.78. The molecule has 0 saturated carbocycles. The van der Waals surface area contributed by atoms with Gasteiger partial charge in [-0.3, -0.25) is 9.40 Å². The zero-order valence-corrected chi connectivity index (χ0v) is 8.10. The van der Waals surface area contributed by atoms with Gasteiger partial charge in [0.15, 0.2) is 0 Å². The molecule has 1 rings (SSSR count). The Morgan fingerprint density at radius 1 is 1.75 bits per heavy atom. The number of aryl methyl sites for hydroxylation is 2. The van der Waals surface area contributed by atoms with Gasteiger partial charge >= 0.3 is 0 Å². The maximum atomic E-state index is 11.0. The molecule has 0 bridgehead atoms. The molecule has 2 N–H and O–H groups in total. The van der Waals surface area contributed by atoms with Crippen molar-refractivity contribution in [2.75, 3.05) is 11.0 Å². The van der Waals surface area contributed by atoms with Gasteiger partial charge in [-0.25, -0.2) is 8.99 Å². The van der Waals surface area contributed by atoms with E-state index < -0.39 is 9.92 Å². The lowest BCUT2D eigenvalue weighted by Crippen LogP contribution is -2.11. The summed E-state index contributed by atoms with van der Waals surface area (Å²) in [5, 5.41) is 4.04. The van der Waals surface area contributed by atoms with Crippen molar-refractivity contribution in [3.05, 3.63) is 11.8 Å². The van der Waals surface area contributed by atoms with Crippen molar-refractivity contribution in [2.24, 2.45) is 7.05 Å². The van der Waals surface area contributed by atoms with Crippen molar-refractivity contribution in [1.29, 1.82) is 4.78 Å². The third-order valence-corrected chi connectivity index (χ3v) is 1.90. The van der Waals surface area contributed by atoms with Crippen molar-refractivity contribution in [2.45, 2.75) is 6.92 Å². The number of aromatic nitrogens is 2. The largest absolute Gasteiger partial charge is 0.284 e. The molecule has 6 heteroatoms. The Morgan fingerprint density at radius 2 is 2.33 bits per heavy atom. The van der Waals surface area contributed by atoms with E-state index in [9.17, 15) is 4.21 Å². The van der Waals surface area contributed by atoms with Gasteiger partial charge in [-0.15, -0.1) is 0 Å². The first-order valence-electron chi connectivity index (χ1n) is 3.40. The molecule has 0 amide bonds. The quantitative estimate of drug-likeness (QED) is 0.718. The topological polar surface area (TPSA) is 70.8 Å². The van der Waals surface area contributed by atoms with Gasteiger partial charge in [0.05, 0.1) is 5.69 Å². The number of nitrogens with zero attached hydrogens (tertiary/aromatic N) is 2. The molecule has 0 aliphatic heterocycles. The van der Waals surface area contributed by atoms with E-state index in [2.05, 4.69) is 9.82 Å². The molecule has 1 heterocycles. The first-order valence-corrected chi connectivity index (χ1v) is 5.37. The summed E-state index contributed by atoms with van der Waals surface area (Å²) in [6, 6.07) is 1.75. The van der Waals surface area contributed by atoms with Crippen molar-refractivity contribution in [3.8, 4) is 0 Å². The Kier molecular flexibility index (Phi) is 2.10. The first-order chi connectivity index (χ1) is 5.38. The summed E-state index contributed by atoms with van der Waals surface area (Å²) < 4.78 is 22.3. The smallest absolute Gasteiger partial charge is 0.136 e. The molecule has 12 heavy (non-hydrogen) atoms. The van der Waals surface area contributed by atoms with Gasteiger partial charge in [0, 0.05) is 19.4 Å². The molecule has 68 valence electrons. The van der Waals surface area contributed by atoms with Gasteiger partial charge in [-0.05, 0) is 6.92 Å². The lowest BCUT2D eigenvalue weighted by atomic mass is 10.5. The fourth-order valence-electron chi connectivity index (χ4n) is 0.906. The molecule has 0 spiro atoms. The normalized spacial score (nSPS) is 15.6. The van der Waals surface area contributed by atoms with Crippen LogP contribution in [-0.4, -0.2) is 20.2 Å². The molecule has 1 unspecified atom stereocenters. The predicted octanol–water partition coefficient (Wildman–Crippen LogP) is 0.732. The maximum Gasteiger partial charge on any atom is 0.136 e. The Morgan fingerprint density at radius 3 is 2.67 bits per heavy atom. The van der Waals surface area contributed by atoms with Crippen LogP contribution < -0.4 is 4.72 Å². The average molecular weight is 188 g/mol. The van der Waals surface area contributed by atoms with Gasteiger partial charge < -0.3 is 0 Å². The van der Waals surface area contributed by atoms with E-state index >= 15 is 0 Å². The zero-order valence-electron chi connectivity index (χ0n) is 7.29. The standard InChI is InChI=1S/C6H12N4OS/c1-5-4-6(10(2)8-5)9-12(3,7)11/h4H,1-3H3,(H2,7,9,11). The minimum Gasteiger partial charge on any atom is -0.284 e. The summed E-state index contributed by atoms with van der Waals surface area (Å²) in [5.74, 6) is 0.606. The molecule has 5 nitrogen and oxygen atoms in total. The van der Waals surface area contributed by atoms with Crippen LogP contribution in [0.15, 0.2) is 6.07 Å². The van der Waals surface area contributed by atoms with Crippen molar-refractivity contribution in [1.82, 2.24) is 9.78 Å². The number of hydrogen-bond acceptors (Lipinski definition) is 3. The summed E-state index contributed by atoms with van der Waals surface area (Å²) in [6.45, 7) is 1.84. The third-order valence-electron chi connectivity index (χ3n) is 1.30. The van der Waals surface area contributed by atoms with E-state index in [1.807, 2.05) is 6.92 Å². The summed E-state index contributed by atoms with van der Waals surface area (Å²) in [4.78, 5) is 0. The van der Waals surface area contributed by atoms with E-state index in [1.165, 1.54) is 6.26 Å².